The number of ether oxygens (including phenoxy) is 1. The van der Waals surface area contributed by atoms with Gasteiger partial charge >= 0.3 is 0 Å². The molecule has 1 aliphatic heterocycles. The minimum atomic E-state index is -0.510. The number of nitrogens with zero attached hydrogens (tertiary/aromatic N) is 3. The van der Waals surface area contributed by atoms with E-state index in [1.165, 1.54) is 0 Å². The highest BCUT2D eigenvalue weighted by Crippen LogP contribution is 2.35. The third kappa shape index (κ3) is 1.56. The molecule has 5 nitrogen and oxygen atoms in total. The first-order valence-electron chi connectivity index (χ1n) is 5.30. The van der Waals surface area contributed by atoms with Crippen molar-refractivity contribution in [3.63, 3.8) is 0 Å². The van der Waals surface area contributed by atoms with Crippen LogP contribution in [0.15, 0.2) is 24.5 Å². The Morgan fingerprint density at radius 3 is 3.00 bits per heavy atom. The van der Waals surface area contributed by atoms with Crippen molar-refractivity contribution in [1.82, 2.24) is 14.5 Å². The summed E-state index contributed by atoms with van der Waals surface area (Å²) in [6, 6.07) is 4.21. The van der Waals surface area contributed by atoms with Crippen LogP contribution in [0.5, 0.6) is 6.01 Å². The first-order valence-corrected chi connectivity index (χ1v) is 5.30. The van der Waals surface area contributed by atoms with Crippen molar-refractivity contribution in [3.8, 4) is 6.01 Å². The zero-order valence-electron chi connectivity index (χ0n) is 9.42. The average molecular weight is 226 g/mol. The van der Waals surface area contributed by atoms with E-state index in [4.69, 9.17) is 18.3 Å². The van der Waals surface area contributed by atoms with Crippen molar-refractivity contribution in [1.29, 1.82) is 0 Å². The molecule has 0 aromatic carbocycles. The second-order valence-electron chi connectivity index (χ2n) is 4.39. The molecule has 0 fully saturated rings. The molecule has 0 amide bonds. The van der Waals surface area contributed by atoms with E-state index in [0.29, 0.717) is 23.8 Å². The molecule has 0 spiro atoms. The van der Waals surface area contributed by atoms with Crippen molar-refractivity contribution in [3.05, 3.63) is 30.2 Å². The Kier molecular flexibility index (Phi) is 1.95. The standard InChI is InChI=1S/C11H11BN4O/c1-11(8-3-2-7(12)4-14-8)6-16-5-9(13)15-10(16)17-11/h2-5H,6,13H2,1H3. The van der Waals surface area contributed by atoms with Crippen molar-refractivity contribution < 1.29 is 4.74 Å². The molecule has 3 rings (SSSR count). The van der Waals surface area contributed by atoms with Crippen LogP contribution >= 0.6 is 0 Å². The predicted molar refractivity (Wildman–Crippen MR) is 64.2 cm³/mol. The Morgan fingerprint density at radius 1 is 1.53 bits per heavy atom. The van der Waals surface area contributed by atoms with Crippen LogP contribution in [0.3, 0.4) is 0 Å². The summed E-state index contributed by atoms with van der Waals surface area (Å²) in [5.74, 6) is 0.465. The quantitative estimate of drug-likeness (QED) is 0.693. The van der Waals surface area contributed by atoms with Crippen molar-refractivity contribution in [2.24, 2.45) is 0 Å². The Labute approximate surface area is 100 Å². The lowest BCUT2D eigenvalue weighted by atomic mass is 9.95. The monoisotopic (exact) mass is 226 g/mol. The highest BCUT2D eigenvalue weighted by molar-refractivity contribution is 6.32. The maximum absolute atomic E-state index is 5.81. The molecule has 2 aromatic heterocycles. The number of hydrogen-bond donors (Lipinski definition) is 1. The number of anilines is 1. The van der Waals surface area contributed by atoms with Crippen LogP contribution in [0.2, 0.25) is 0 Å². The highest BCUT2D eigenvalue weighted by atomic mass is 16.5. The summed E-state index contributed by atoms with van der Waals surface area (Å²) in [5.41, 5.74) is 6.55. The maximum atomic E-state index is 5.81. The molecular formula is C11H11BN4O. The molecule has 84 valence electrons. The summed E-state index contributed by atoms with van der Waals surface area (Å²) >= 11 is 0. The van der Waals surface area contributed by atoms with Crippen LogP contribution in [-0.2, 0) is 12.1 Å². The maximum Gasteiger partial charge on any atom is 0.299 e. The van der Waals surface area contributed by atoms with Gasteiger partial charge in [-0.15, -0.1) is 0 Å². The minimum Gasteiger partial charge on any atom is -0.450 e. The SMILES string of the molecule is [B]c1ccc(C2(C)Cn3cc(N)nc3O2)nc1. The Balaban J connectivity index is 1.95. The van der Waals surface area contributed by atoms with Crippen LogP contribution in [0.1, 0.15) is 12.6 Å². The summed E-state index contributed by atoms with van der Waals surface area (Å²) in [7, 11) is 5.62. The summed E-state index contributed by atoms with van der Waals surface area (Å²) in [6.45, 7) is 2.61. The van der Waals surface area contributed by atoms with E-state index < -0.39 is 5.60 Å². The molecule has 2 radical (unpaired) electrons. The van der Waals surface area contributed by atoms with Gasteiger partial charge in [-0.05, 0) is 13.0 Å². The van der Waals surface area contributed by atoms with Crippen molar-refractivity contribution in [2.75, 3.05) is 5.73 Å². The van der Waals surface area contributed by atoms with Crippen molar-refractivity contribution >= 4 is 19.1 Å². The number of aromatic nitrogens is 3. The van der Waals surface area contributed by atoms with Gasteiger partial charge in [-0.25, -0.2) is 0 Å². The number of fused-ring (bicyclic) bond motifs is 1. The second-order valence-corrected chi connectivity index (χ2v) is 4.39. The largest absolute Gasteiger partial charge is 0.450 e. The Hall–Kier alpha value is -1.98. The molecule has 0 bridgehead atoms. The Bertz CT molecular complexity index is 540. The molecule has 1 atom stereocenters. The number of rotatable bonds is 1. The van der Waals surface area contributed by atoms with Crippen LogP contribution in [0.25, 0.3) is 0 Å². The summed E-state index contributed by atoms with van der Waals surface area (Å²) in [6.07, 6.45) is 3.39. The fourth-order valence-electron chi connectivity index (χ4n) is 2.02. The highest BCUT2D eigenvalue weighted by Gasteiger charge is 2.39. The van der Waals surface area contributed by atoms with E-state index in [0.717, 1.165) is 5.69 Å². The molecule has 1 aliphatic rings. The molecule has 0 saturated heterocycles. The van der Waals surface area contributed by atoms with Gasteiger partial charge in [0.2, 0.25) is 0 Å². The van der Waals surface area contributed by atoms with E-state index in [-0.39, 0.29) is 0 Å². The fraction of sp³-hybridized carbons (Fsp3) is 0.273. The van der Waals surface area contributed by atoms with Crippen LogP contribution < -0.4 is 15.9 Å². The van der Waals surface area contributed by atoms with E-state index in [1.807, 2.05) is 23.6 Å². The van der Waals surface area contributed by atoms with Crippen LogP contribution in [0.4, 0.5) is 5.82 Å². The smallest absolute Gasteiger partial charge is 0.299 e. The average Bonchev–Trinajstić information content (AvgIpc) is 2.72. The zero-order chi connectivity index (χ0) is 12.0. The van der Waals surface area contributed by atoms with E-state index >= 15 is 0 Å². The summed E-state index contributed by atoms with van der Waals surface area (Å²) < 4.78 is 7.69. The fourth-order valence-corrected chi connectivity index (χ4v) is 2.02. The number of hydrogen-bond acceptors (Lipinski definition) is 4. The normalized spacial score (nSPS) is 22.2. The zero-order valence-corrected chi connectivity index (χ0v) is 9.42. The third-order valence-corrected chi connectivity index (χ3v) is 2.88. The predicted octanol–water partition coefficient (Wildman–Crippen LogP) is -0.0381. The van der Waals surface area contributed by atoms with Gasteiger partial charge in [0.05, 0.1) is 18.4 Å². The second kappa shape index (κ2) is 3.26. The van der Waals surface area contributed by atoms with Gasteiger partial charge in [0.25, 0.3) is 6.01 Å². The minimum absolute atomic E-state index is 0.465. The van der Waals surface area contributed by atoms with Gasteiger partial charge in [-0.2, -0.15) is 4.98 Å². The lowest BCUT2D eigenvalue weighted by molar-refractivity contribution is 0.103. The summed E-state index contributed by atoms with van der Waals surface area (Å²) in [5, 5.41) is 0. The number of imidazole rings is 1. The van der Waals surface area contributed by atoms with Gasteiger partial charge in [0.1, 0.15) is 13.7 Å². The van der Waals surface area contributed by atoms with Gasteiger partial charge in [-0.1, -0.05) is 11.5 Å². The van der Waals surface area contributed by atoms with Gasteiger partial charge < -0.3 is 10.5 Å². The Morgan fingerprint density at radius 2 is 2.35 bits per heavy atom. The number of nitrogens with two attached hydrogens (primary N) is 1. The van der Waals surface area contributed by atoms with Crippen LogP contribution in [-0.4, -0.2) is 22.4 Å². The topological polar surface area (TPSA) is 66.0 Å². The third-order valence-electron chi connectivity index (χ3n) is 2.88. The molecule has 3 heterocycles. The molecule has 2 N–H and O–H groups in total. The van der Waals surface area contributed by atoms with Gasteiger partial charge in [0, 0.05) is 6.20 Å². The van der Waals surface area contributed by atoms with Crippen molar-refractivity contribution in [2.45, 2.75) is 19.1 Å². The van der Waals surface area contributed by atoms with E-state index in [2.05, 4.69) is 9.97 Å². The lowest BCUT2D eigenvalue weighted by Gasteiger charge is -2.21. The molecule has 6 heteroatoms. The lowest BCUT2D eigenvalue weighted by Crippen LogP contribution is -2.30. The van der Waals surface area contributed by atoms with Crippen LogP contribution in [0, 0.1) is 0 Å². The molecule has 0 aliphatic carbocycles. The van der Waals surface area contributed by atoms with Gasteiger partial charge in [0.15, 0.2) is 5.60 Å². The molecule has 0 saturated carbocycles. The van der Waals surface area contributed by atoms with E-state index in [1.54, 1.807) is 12.4 Å². The number of nitrogen functional groups attached to an aromatic ring is 1. The van der Waals surface area contributed by atoms with Gasteiger partial charge in [-0.3, -0.25) is 9.55 Å². The number of pyridine rings is 1. The molecule has 1 unspecified atom stereocenters. The molecular weight excluding hydrogens is 215 g/mol. The first kappa shape index (κ1) is 10.2. The first-order chi connectivity index (χ1) is 8.07. The van der Waals surface area contributed by atoms with E-state index in [9.17, 15) is 0 Å². The molecule has 17 heavy (non-hydrogen) atoms. The summed E-state index contributed by atoms with van der Waals surface area (Å²) in [4.78, 5) is 8.39. The molecule has 2 aromatic rings.